The summed E-state index contributed by atoms with van der Waals surface area (Å²) in [7, 11) is 0. The summed E-state index contributed by atoms with van der Waals surface area (Å²) in [5, 5.41) is 10.2. The highest BCUT2D eigenvalue weighted by molar-refractivity contribution is 7.99. The maximum Gasteiger partial charge on any atom is 0.232 e. The number of thioether (sulfide) groups is 1. The van der Waals surface area contributed by atoms with E-state index in [1.165, 1.54) is 5.69 Å². The Kier molecular flexibility index (Phi) is 2.99. The van der Waals surface area contributed by atoms with Crippen molar-refractivity contribution < 1.29 is 0 Å². The van der Waals surface area contributed by atoms with Crippen LogP contribution in [0, 0.1) is 0 Å². The lowest BCUT2D eigenvalue weighted by Crippen LogP contribution is -2.14. The average Bonchev–Trinajstić information content (AvgIpc) is 2.93. The van der Waals surface area contributed by atoms with Crippen LogP contribution in [0.2, 0.25) is 0 Å². The number of hydrogen-bond donors (Lipinski definition) is 0. The number of aromatic nitrogens is 3. The molecule has 1 aliphatic heterocycles. The van der Waals surface area contributed by atoms with Gasteiger partial charge in [-0.05, 0) is 12.1 Å². The second-order valence-corrected chi connectivity index (χ2v) is 6.13. The first kappa shape index (κ1) is 11.6. The molecule has 5 heteroatoms. The molecule has 0 aliphatic carbocycles. The van der Waals surface area contributed by atoms with Gasteiger partial charge in [-0.25, -0.2) is 0 Å². The molecule has 0 amide bonds. The van der Waals surface area contributed by atoms with Crippen molar-refractivity contribution in [2.24, 2.45) is 0 Å². The Balaban J connectivity index is 1.91. The van der Waals surface area contributed by atoms with Crippen molar-refractivity contribution in [1.82, 2.24) is 14.8 Å². The van der Waals surface area contributed by atoms with Crippen LogP contribution in [0.5, 0.6) is 0 Å². The van der Waals surface area contributed by atoms with E-state index in [2.05, 4.69) is 57.8 Å². The predicted octanol–water partition coefficient (Wildman–Crippen LogP) is 2.93. The van der Waals surface area contributed by atoms with Gasteiger partial charge in [0.1, 0.15) is 0 Å². The van der Waals surface area contributed by atoms with E-state index >= 15 is 0 Å². The van der Waals surface area contributed by atoms with Gasteiger partial charge < -0.3 is 4.90 Å². The van der Waals surface area contributed by atoms with Gasteiger partial charge in [0.2, 0.25) is 5.95 Å². The van der Waals surface area contributed by atoms with Gasteiger partial charge in [0.15, 0.2) is 5.16 Å². The van der Waals surface area contributed by atoms with Crippen molar-refractivity contribution in [2.75, 3.05) is 11.4 Å². The van der Waals surface area contributed by atoms with Gasteiger partial charge in [-0.3, -0.25) is 4.57 Å². The first-order chi connectivity index (χ1) is 8.75. The SMILES string of the molecule is CC(C)Sc1nnc2n1CCN2c1ccccc1. The standard InChI is InChI=1S/C13H16N4S/c1-10(2)18-13-15-14-12-16(8-9-17(12)13)11-6-4-3-5-7-11/h3-7,10H,8-9H2,1-2H3. The summed E-state index contributed by atoms with van der Waals surface area (Å²) in [5.41, 5.74) is 1.18. The van der Waals surface area contributed by atoms with E-state index in [0.717, 1.165) is 24.2 Å². The Morgan fingerprint density at radius 3 is 2.61 bits per heavy atom. The molecule has 1 aliphatic rings. The number of benzene rings is 1. The summed E-state index contributed by atoms with van der Waals surface area (Å²) >= 11 is 1.77. The first-order valence-electron chi connectivity index (χ1n) is 6.18. The summed E-state index contributed by atoms with van der Waals surface area (Å²) in [6, 6.07) is 10.4. The van der Waals surface area contributed by atoms with Crippen molar-refractivity contribution in [3.8, 4) is 0 Å². The van der Waals surface area contributed by atoms with Crippen LogP contribution in [0.15, 0.2) is 35.5 Å². The van der Waals surface area contributed by atoms with Crippen LogP contribution in [0.25, 0.3) is 0 Å². The minimum atomic E-state index is 0.532. The molecule has 4 nitrogen and oxygen atoms in total. The van der Waals surface area contributed by atoms with E-state index in [1.807, 2.05) is 6.07 Å². The number of rotatable bonds is 3. The monoisotopic (exact) mass is 260 g/mol. The predicted molar refractivity (Wildman–Crippen MR) is 74.5 cm³/mol. The van der Waals surface area contributed by atoms with Crippen LogP contribution < -0.4 is 4.90 Å². The van der Waals surface area contributed by atoms with Gasteiger partial charge in [-0.1, -0.05) is 43.8 Å². The van der Waals surface area contributed by atoms with Gasteiger partial charge in [-0.15, -0.1) is 10.2 Å². The number of nitrogens with zero attached hydrogens (tertiary/aromatic N) is 4. The van der Waals surface area contributed by atoms with E-state index in [0.29, 0.717) is 5.25 Å². The molecule has 1 aromatic carbocycles. The third kappa shape index (κ3) is 1.99. The molecular formula is C13H16N4S. The lowest BCUT2D eigenvalue weighted by molar-refractivity contribution is 0.702. The quantitative estimate of drug-likeness (QED) is 0.795. The summed E-state index contributed by atoms with van der Waals surface area (Å²) in [4.78, 5) is 2.22. The van der Waals surface area contributed by atoms with Crippen LogP contribution in [0.4, 0.5) is 11.6 Å². The number of anilines is 2. The zero-order chi connectivity index (χ0) is 12.5. The molecule has 0 saturated heterocycles. The number of hydrogen-bond acceptors (Lipinski definition) is 4. The van der Waals surface area contributed by atoms with Gasteiger partial charge in [0.25, 0.3) is 0 Å². The molecule has 0 bridgehead atoms. The van der Waals surface area contributed by atoms with Gasteiger partial charge in [0.05, 0.1) is 0 Å². The number of para-hydroxylation sites is 1. The summed E-state index contributed by atoms with van der Waals surface area (Å²) in [6.07, 6.45) is 0. The highest BCUT2D eigenvalue weighted by atomic mass is 32.2. The maximum atomic E-state index is 4.33. The van der Waals surface area contributed by atoms with Crippen LogP contribution in [0.1, 0.15) is 13.8 Å². The molecule has 2 heterocycles. The molecule has 0 atom stereocenters. The lowest BCUT2D eigenvalue weighted by Gasteiger charge is -2.14. The van der Waals surface area contributed by atoms with E-state index in [4.69, 9.17) is 0 Å². The fraction of sp³-hybridized carbons (Fsp3) is 0.385. The molecular weight excluding hydrogens is 244 g/mol. The fourth-order valence-corrected chi connectivity index (χ4v) is 2.94. The Bertz CT molecular complexity index is 535. The smallest absolute Gasteiger partial charge is 0.232 e. The van der Waals surface area contributed by atoms with Crippen molar-refractivity contribution >= 4 is 23.4 Å². The molecule has 1 aromatic heterocycles. The Morgan fingerprint density at radius 1 is 1.11 bits per heavy atom. The molecule has 0 N–H and O–H groups in total. The summed E-state index contributed by atoms with van der Waals surface area (Å²) in [6.45, 7) is 6.29. The highest BCUT2D eigenvalue weighted by Gasteiger charge is 2.26. The fourth-order valence-electron chi connectivity index (χ4n) is 2.13. The maximum absolute atomic E-state index is 4.33. The molecule has 18 heavy (non-hydrogen) atoms. The summed E-state index contributed by atoms with van der Waals surface area (Å²) in [5.74, 6) is 0.962. The normalized spacial score (nSPS) is 14.3. The van der Waals surface area contributed by atoms with Crippen LogP contribution in [-0.4, -0.2) is 26.6 Å². The first-order valence-corrected chi connectivity index (χ1v) is 7.06. The van der Waals surface area contributed by atoms with Crippen LogP contribution in [-0.2, 0) is 6.54 Å². The van der Waals surface area contributed by atoms with Crippen molar-refractivity contribution in [3.63, 3.8) is 0 Å². The largest absolute Gasteiger partial charge is 0.309 e. The Morgan fingerprint density at radius 2 is 1.89 bits per heavy atom. The van der Waals surface area contributed by atoms with Gasteiger partial charge in [0, 0.05) is 24.0 Å². The molecule has 0 fully saturated rings. The number of fused-ring (bicyclic) bond motifs is 1. The average molecular weight is 260 g/mol. The lowest BCUT2D eigenvalue weighted by atomic mass is 10.3. The third-order valence-corrected chi connectivity index (χ3v) is 3.88. The minimum Gasteiger partial charge on any atom is -0.309 e. The topological polar surface area (TPSA) is 34.0 Å². The van der Waals surface area contributed by atoms with Crippen molar-refractivity contribution in [1.29, 1.82) is 0 Å². The van der Waals surface area contributed by atoms with Crippen LogP contribution in [0.3, 0.4) is 0 Å². The molecule has 94 valence electrons. The third-order valence-electron chi connectivity index (χ3n) is 2.89. The molecule has 0 unspecified atom stereocenters. The van der Waals surface area contributed by atoms with E-state index in [-0.39, 0.29) is 0 Å². The van der Waals surface area contributed by atoms with Gasteiger partial charge in [-0.2, -0.15) is 0 Å². The Hall–Kier alpha value is -1.49. The van der Waals surface area contributed by atoms with Crippen molar-refractivity contribution in [2.45, 2.75) is 30.8 Å². The van der Waals surface area contributed by atoms with E-state index in [9.17, 15) is 0 Å². The zero-order valence-corrected chi connectivity index (χ0v) is 11.4. The molecule has 0 saturated carbocycles. The van der Waals surface area contributed by atoms with E-state index < -0.39 is 0 Å². The minimum absolute atomic E-state index is 0.532. The Labute approximate surface area is 111 Å². The van der Waals surface area contributed by atoms with E-state index in [1.54, 1.807) is 11.8 Å². The molecule has 0 spiro atoms. The second kappa shape index (κ2) is 4.65. The van der Waals surface area contributed by atoms with Crippen LogP contribution >= 0.6 is 11.8 Å². The summed E-state index contributed by atoms with van der Waals surface area (Å²) < 4.78 is 2.21. The van der Waals surface area contributed by atoms with Gasteiger partial charge >= 0.3 is 0 Å². The molecule has 3 rings (SSSR count). The molecule has 0 radical (unpaired) electrons. The van der Waals surface area contributed by atoms with Crippen molar-refractivity contribution in [3.05, 3.63) is 30.3 Å². The zero-order valence-electron chi connectivity index (χ0n) is 10.6. The molecule has 2 aromatic rings. The second-order valence-electron chi connectivity index (χ2n) is 4.59. The highest BCUT2D eigenvalue weighted by Crippen LogP contribution is 2.32.